The number of hydrogen-bond acceptors (Lipinski definition) is 5. The maximum atomic E-state index is 13.2. The third-order valence-electron chi connectivity index (χ3n) is 5.68. The molecule has 5 nitrogen and oxygen atoms in total. The van der Waals surface area contributed by atoms with Crippen LogP contribution in [-0.4, -0.2) is 9.55 Å². The van der Waals surface area contributed by atoms with Crippen molar-refractivity contribution in [1.82, 2.24) is 9.55 Å². The second kappa shape index (κ2) is 8.11. The molecule has 0 bridgehead atoms. The Morgan fingerprint density at radius 2 is 1.87 bits per heavy atom. The van der Waals surface area contributed by atoms with Gasteiger partial charge in [0.25, 0.3) is 5.56 Å². The maximum absolute atomic E-state index is 13.2. The monoisotopic (exact) mass is 420 g/mol. The lowest BCUT2D eigenvalue weighted by molar-refractivity contribution is 0.468. The van der Waals surface area contributed by atoms with E-state index in [1.165, 1.54) is 17.8 Å². The van der Waals surface area contributed by atoms with Gasteiger partial charge in [-0.25, -0.2) is 9.78 Å². The molecule has 2 aromatic carbocycles. The number of aryl methyl sites for hydroxylation is 2. The Bertz CT molecular complexity index is 1370. The van der Waals surface area contributed by atoms with E-state index >= 15 is 0 Å². The normalized spacial score (nSPS) is 12.5. The highest BCUT2D eigenvalue weighted by atomic mass is 32.2. The molecule has 0 amide bonds. The van der Waals surface area contributed by atoms with E-state index in [-0.39, 0.29) is 17.2 Å². The van der Waals surface area contributed by atoms with Crippen LogP contribution in [0.3, 0.4) is 0 Å². The van der Waals surface area contributed by atoms with Gasteiger partial charge in [-0.05, 0) is 56.0 Å². The third-order valence-corrected chi connectivity index (χ3v) is 6.68. The van der Waals surface area contributed by atoms with Crippen LogP contribution in [0.4, 0.5) is 0 Å². The molecule has 2 aromatic heterocycles. The second-order valence-electron chi connectivity index (χ2n) is 7.61. The summed E-state index contributed by atoms with van der Waals surface area (Å²) < 4.78 is 7.26. The molecule has 0 N–H and O–H groups in total. The number of nitrogens with zero attached hydrogens (tertiary/aromatic N) is 2. The van der Waals surface area contributed by atoms with Crippen molar-refractivity contribution in [3.8, 4) is 0 Å². The number of hydrogen-bond donors (Lipinski definition) is 0. The molecule has 0 aliphatic carbocycles. The van der Waals surface area contributed by atoms with Crippen molar-refractivity contribution in [1.29, 1.82) is 0 Å². The third kappa shape index (κ3) is 3.56. The first-order valence-corrected chi connectivity index (χ1v) is 11.1. The molecule has 0 unspecified atom stereocenters. The average molecular weight is 421 g/mol. The van der Waals surface area contributed by atoms with Crippen LogP contribution in [0, 0.1) is 13.8 Å². The standard InChI is InChI=1S/C24H24N2O3S/c1-5-15(3)26-23(28)19-8-6-7-9-20(19)25-24(26)30-13-17-12-21(27)29-22-16(4)14(2)10-11-18(17)22/h6-12,15H,5,13H2,1-4H3/t15-/m1/s1. The summed E-state index contributed by atoms with van der Waals surface area (Å²) in [6.07, 6.45) is 0.823. The summed E-state index contributed by atoms with van der Waals surface area (Å²) >= 11 is 1.48. The summed E-state index contributed by atoms with van der Waals surface area (Å²) in [5.74, 6) is 0.520. The molecule has 30 heavy (non-hydrogen) atoms. The molecule has 0 spiro atoms. The average Bonchev–Trinajstić information content (AvgIpc) is 2.74. The van der Waals surface area contributed by atoms with Gasteiger partial charge in [0.2, 0.25) is 0 Å². The number of para-hydroxylation sites is 1. The van der Waals surface area contributed by atoms with Crippen molar-refractivity contribution >= 4 is 33.6 Å². The summed E-state index contributed by atoms with van der Waals surface area (Å²) in [5, 5.41) is 2.21. The summed E-state index contributed by atoms with van der Waals surface area (Å²) in [6.45, 7) is 8.05. The minimum absolute atomic E-state index is 0.0265. The molecular formula is C24H24N2O3S. The molecule has 0 fully saturated rings. The predicted molar refractivity (Wildman–Crippen MR) is 123 cm³/mol. The van der Waals surface area contributed by atoms with Crippen LogP contribution in [-0.2, 0) is 5.75 Å². The number of rotatable bonds is 5. The molecule has 154 valence electrons. The smallest absolute Gasteiger partial charge is 0.336 e. The molecule has 0 saturated heterocycles. The van der Waals surface area contributed by atoms with Gasteiger partial charge in [0.15, 0.2) is 5.16 Å². The lowest BCUT2D eigenvalue weighted by atomic mass is 10.0. The minimum atomic E-state index is -0.363. The molecule has 1 atom stereocenters. The van der Waals surface area contributed by atoms with Gasteiger partial charge in [-0.15, -0.1) is 0 Å². The zero-order chi connectivity index (χ0) is 21.4. The number of benzene rings is 2. The quantitative estimate of drug-likeness (QED) is 0.246. The van der Waals surface area contributed by atoms with Crippen molar-refractivity contribution in [3.63, 3.8) is 0 Å². The van der Waals surface area contributed by atoms with Crippen LogP contribution in [0.5, 0.6) is 0 Å². The largest absolute Gasteiger partial charge is 0.422 e. The molecule has 0 aliphatic heterocycles. The van der Waals surface area contributed by atoms with Gasteiger partial charge in [0.05, 0.1) is 10.9 Å². The van der Waals surface area contributed by atoms with E-state index in [1.807, 2.05) is 57.2 Å². The summed E-state index contributed by atoms with van der Waals surface area (Å²) in [7, 11) is 0. The number of aromatic nitrogens is 2. The van der Waals surface area contributed by atoms with E-state index in [0.717, 1.165) is 28.5 Å². The summed E-state index contributed by atoms with van der Waals surface area (Å²) in [4.78, 5) is 30.1. The highest BCUT2D eigenvalue weighted by molar-refractivity contribution is 7.98. The molecule has 0 saturated carbocycles. The molecule has 0 radical (unpaired) electrons. The Balaban J connectivity index is 1.82. The van der Waals surface area contributed by atoms with Gasteiger partial charge >= 0.3 is 5.63 Å². The number of thioether (sulfide) groups is 1. The fourth-order valence-electron chi connectivity index (χ4n) is 3.58. The highest BCUT2D eigenvalue weighted by Crippen LogP contribution is 2.29. The minimum Gasteiger partial charge on any atom is -0.422 e. The fourth-order valence-corrected chi connectivity index (χ4v) is 4.67. The van der Waals surface area contributed by atoms with E-state index in [2.05, 4.69) is 6.92 Å². The lowest BCUT2D eigenvalue weighted by Crippen LogP contribution is -2.26. The van der Waals surface area contributed by atoms with E-state index in [4.69, 9.17) is 9.40 Å². The van der Waals surface area contributed by atoms with Crippen molar-refractivity contribution in [2.75, 3.05) is 0 Å². The second-order valence-corrected chi connectivity index (χ2v) is 8.55. The van der Waals surface area contributed by atoms with Crippen molar-refractivity contribution in [2.45, 2.75) is 51.1 Å². The van der Waals surface area contributed by atoms with Crippen LogP contribution in [0.2, 0.25) is 0 Å². The zero-order valence-corrected chi connectivity index (χ0v) is 18.4. The van der Waals surface area contributed by atoms with Gasteiger partial charge in [0, 0.05) is 23.2 Å². The summed E-state index contributed by atoms with van der Waals surface area (Å²) in [5.41, 5.74) is 3.86. The first-order valence-electron chi connectivity index (χ1n) is 10.1. The molecule has 4 aromatic rings. The molecule has 4 rings (SSSR count). The van der Waals surface area contributed by atoms with Gasteiger partial charge in [-0.1, -0.05) is 43.0 Å². The first-order chi connectivity index (χ1) is 14.4. The van der Waals surface area contributed by atoms with Crippen LogP contribution < -0.4 is 11.2 Å². The van der Waals surface area contributed by atoms with E-state index in [1.54, 1.807) is 4.57 Å². The topological polar surface area (TPSA) is 65.1 Å². The zero-order valence-electron chi connectivity index (χ0n) is 17.6. The molecule has 2 heterocycles. The van der Waals surface area contributed by atoms with Crippen LogP contribution in [0.25, 0.3) is 21.9 Å². The molecule has 6 heteroatoms. The lowest BCUT2D eigenvalue weighted by Gasteiger charge is -2.18. The van der Waals surface area contributed by atoms with E-state index in [0.29, 0.717) is 27.4 Å². The molecule has 0 aliphatic rings. The SMILES string of the molecule is CC[C@@H](C)n1c(SCc2cc(=O)oc3c(C)c(C)ccc23)nc2ccccc2c1=O. The Morgan fingerprint density at radius 1 is 1.10 bits per heavy atom. The maximum Gasteiger partial charge on any atom is 0.336 e. The van der Waals surface area contributed by atoms with Crippen molar-refractivity contribution in [2.24, 2.45) is 0 Å². The summed E-state index contributed by atoms with van der Waals surface area (Å²) in [6, 6.07) is 13.0. The highest BCUT2D eigenvalue weighted by Gasteiger charge is 2.17. The fraction of sp³-hybridized carbons (Fsp3) is 0.292. The van der Waals surface area contributed by atoms with E-state index in [9.17, 15) is 9.59 Å². The predicted octanol–water partition coefficient (Wildman–Crippen LogP) is 5.38. The van der Waals surface area contributed by atoms with E-state index < -0.39 is 0 Å². The van der Waals surface area contributed by atoms with Gasteiger partial charge in [0.1, 0.15) is 5.58 Å². The van der Waals surface area contributed by atoms with Crippen molar-refractivity contribution in [3.05, 3.63) is 79.9 Å². The Morgan fingerprint density at radius 3 is 2.63 bits per heavy atom. The Kier molecular flexibility index (Phi) is 5.52. The first kappa shape index (κ1) is 20.4. The van der Waals surface area contributed by atoms with Crippen LogP contribution in [0.1, 0.15) is 43.0 Å². The number of fused-ring (bicyclic) bond motifs is 2. The molecular weight excluding hydrogens is 396 g/mol. The van der Waals surface area contributed by atoms with Crippen molar-refractivity contribution < 1.29 is 4.42 Å². The Hall–Kier alpha value is -2.86. The van der Waals surface area contributed by atoms with Gasteiger partial charge in [-0.3, -0.25) is 9.36 Å². The van der Waals surface area contributed by atoms with Crippen LogP contribution >= 0.6 is 11.8 Å². The van der Waals surface area contributed by atoms with Gasteiger partial charge < -0.3 is 4.42 Å². The van der Waals surface area contributed by atoms with Gasteiger partial charge in [-0.2, -0.15) is 0 Å². The Labute approximate surface area is 178 Å². The van der Waals surface area contributed by atoms with Crippen LogP contribution in [0.15, 0.2) is 61.6 Å².